The van der Waals surface area contributed by atoms with Crippen LogP contribution in [0.25, 0.3) is 0 Å². The fraction of sp³-hybridized carbons (Fsp3) is 0.176. The summed E-state index contributed by atoms with van der Waals surface area (Å²) >= 11 is 0. The average molecular weight is 236 g/mol. The molecule has 18 heavy (non-hydrogen) atoms. The Morgan fingerprint density at radius 1 is 0.833 bits per heavy atom. The summed E-state index contributed by atoms with van der Waals surface area (Å²) in [4.78, 5) is 0. The first kappa shape index (κ1) is 12.4. The van der Waals surface area contributed by atoms with Gasteiger partial charge >= 0.3 is 0 Å². The number of hydrogen-bond acceptors (Lipinski definition) is 1. The van der Waals surface area contributed by atoms with E-state index in [0.717, 1.165) is 5.56 Å². The third kappa shape index (κ3) is 3.76. The van der Waals surface area contributed by atoms with Gasteiger partial charge in [0.2, 0.25) is 0 Å². The molecule has 0 aliphatic heterocycles. The van der Waals surface area contributed by atoms with Crippen LogP contribution >= 0.6 is 0 Å². The quantitative estimate of drug-likeness (QED) is 0.734. The van der Waals surface area contributed by atoms with E-state index in [1.165, 1.54) is 11.1 Å². The van der Waals surface area contributed by atoms with Crippen molar-refractivity contribution in [1.82, 2.24) is 0 Å². The highest BCUT2D eigenvalue weighted by Gasteiger charge is 1.95. The van der Waals surface area contributed by atoms with Crippen LogP contribution in [-0.2, 0) is 18.0 Å². The minimum Gasteiger partial charge on any atom is -0.372 e. The Labute approximate surface area is 108 Å². The largest absolute Gasteiger partial charge is 0.372 e. The van der Waals surface area contributed by atoms with Crippen molar-refractivity contribution in [1.29, 1.82) is 0 Å². The summed E-state index contributed by atoms with van der Waals surface area (Å²) in [6, 6.07) is 18.4. The van der Waals surface area contributed by atoms with Crippen LogP contribution in [0.5, 0.6) is 0 Å². The van der Waals surface area contributed by atoms with Gasteiger partial charge in [0.05, 0.1) is 13.2 Å². The van der Waals surface area contributed by atoms with Crippen molar-refractivity contribution in [2.45, 2.75) is 20.1 Å². The summed E-state index contributed by atoms with van der Waals surface area (Å²) in [5.74, 6) is 5.91. The van der Waals surface area contributed by atoms with Crippen molar-refractivity contribution >= 4 is 0 Å². The Kier molecular flexibility index (Phi) is 4.58. The summed E-state index contributed by atoms with van der Waals surface area (Å²) in [5.41, 5.74) is 3.42. The van der Waals surface area contributed by atoms with Crippen molar-refractivity contribution in [3.63, 3.8) is 0 Å². The molecule has 2 aromatic rings. The van der Waals surface area contributed by atoms with Gasteiger partial charge in [-0.25, -0.2) is 0 Å². The van der Waals surface area contributed by atoms with Gasteiger partial charge in [-0.15, -0.1) is 5.92 Å². The average Bonchev–Trinajstić information content (AvgIpc) is 2.42. The molecule has 0 N–H and O–H groups in total. The van der Waals surface area contributed by atoms with Gasteiger partial charge < -0.3 is 4.74 Å². The first-order valence-corrected chi connectivity index (χ1v) is 6.02. The third-order valence-corrected chi connectivity index (χ3v) is 2.60. The maximum absolute atomic E-state index is 5.67. The molecule has 0 radical (unpaired) electrons. The molecule has 0 amide bonds. The van der Waals surface area contributed by atoms with Gasteiger partial charge in [0.1, 0.15) is 0 Å². The van der Waals surface area contributed by atoms with Crippen LogP contribution in [0.4, 0.5) is 0 Å². The van der Waals surface area contributed by atoms with E-state index >= 15 is 0 Å². The normalized spacial score (nSPS) is 9.61. The SMILES string of the molecule is CC#Cc1ccc(COCc2ccccc2)cc1. The molecule has 0 atom stereocenters. The Morgan fingerprint density at radius 3 is 2.06 bits per heavy atom. The fourth-order valence-corrected chi connectivity index (χ4v) is 1.69. The van der Waals surface area contributed by atoms with Crippen molar-refractivity contribution < 1.29 is 4.74 Å². The van der Waals surface area contributed by atoms with E-state index in [2.05, 4.69) is 36.1 Å². The lowest BCUT2D eigenvalue weighted by atomic mass is 10.1. The van der Waals surface area contributed by atoms with Crippen LogP contribution in [0.1, 0.15) is 23.6 Å². The van der Waals surface area contributed by atoms with Crippen molar-refractivity contribution in [3.8, 4) is 11.8 Å². The van der Waals surface area contributed by atoms with Gasteiger partial charge in [-0.3, -0.25) is 0 Å². The summed E-state index contributed by atoms with van der Waals surface area (Å²) < 4.78 is 5.67. The smallest absolute Gasteiger partial charge is 0.0721 e. The molecule has 2 rings (SSSR count). The summed E-state index contributed by atoms with van der Waals surface area (Å²) in [7, 11) is 0. The molecule has 0 spiro atoms. The molecule has 90 valence electrons. The highest BCUT2D eigenvalue weighted by molar-refractivity contribution is 5.35. The molecule has 0 aliphatic carbocycles. The van der Waals surface area contributed by atoms with Gasteiger partial charge in [0.25, 0.3) is 0 Å². The lowest BCUT2D eigenvalue weighted by Gasteiger charge is -2.04. The van der Waals surface area contributed by atoms with Gasteiger partial charge in [-0.2, -0.15) is 0 Å². The number of ether oxygens (including phenoxy) is 1. The molecule has 2 aromatic carbocycles. The number of benzene rings is 2. The lowest BCUT2D eigenvalue weighted by molar-refractivity contribution is 0.107. The summed E-state index contributed by atoms with van der Waals surface area (Å²) in [6.45, 7) is 3.13. The maximum Gasteiger partial charge on any atom is 0.0721 e. The first-order chi connectivity index (χ1) is 8.88. The molecule has 0 aliphatic rings. The van der Waals surface area contributed by atoms with Crippen LogP contribution in [0.15, 0.2) is 54.6 Å². The Morgan fingerprint density at radius 2 is 1.44 bits per heavy atom. The van der Waals surface area contributed by atoms with Crippen LogP contribution in [0.2, 0.25) is 0 Å². The van der Waals surface area contributed by atoms with Crippen molar-refractivity contribution in [2.24, 2.45) is 0 Å². The van der Waals surface area contributed by atoms with Gasteiger partial charge in [0, 0.05) is 5.56 Å². The molecule has 1 heteroatoms. The molecule has 0 unspecified atom stereocenters. The molecule has 0 fully saturated rings. The second-order valence-corrected chi connectivity index (χ2v) is 4.05. The molecule has 0 heterocycles. The highest BCUT2D eigenvalue weighted by atomic mass is 16.5. The molecule has 0 saturated heterocycles. The standard InChI is InChI=1S/C17H16O/c1-2-6-15-9-11-17(12-10-15)14-18-13-16-7-4-3-5-8-16/h3-5,7-12H,13-14H2,1H3. The van der Waals surface area contributed by atoms with Crippen LogP contribution in [-0.4, -0.2) is 0 Å². The summed E-state index contributed by atoms with van der Waals surface area (Å²) in [6.07, 6.45) is 0. The van der Waals surface area contributed by atoms with E-state index in [1.807, 2.05) is 37.3 Å². The molecule has 0 bridgehead atoms. The van der Waals surface area contributed by atoms with E-state index in [-0.39, 0.29) is 0 Å². The number of rotatable bonds is 4. The zero-order valence-corrected chi connectivity index (χ0v) is 10.5. The lowest BCUT2D eigenvalue weighted by Crippen LogP contribution is -1.93. The highest BCUT2D eigenvalue weighted by Crippen LogP contribution is 2.07. The van der Waals surface area contributed by atoms with E-state index in [1.54, 1.807) is 0 Å². The molecule has 0 aromatic heterocycles. The van der Waals surface area contributed by atoms with Crippen molar-refractivity contribution in [2.75, 3.05) is 0 Å². The van der Waals surface area contributed by atoms with Gasteiger partial charge in [-0.1, -0.05) is 48.4 Å². The molecule has 0 saturated carbocycles. The predicted octanol–water partition coefficient (Wildman–Crippen LogP) is 3.77. The maximum atomic E-state index is 5.67. The molecular weight excluding hydrogens is 220 g/mol. The van der Waals surface area contributed by atoms with Crippen LogP contribution in [0, 0.1) is 11.8 Å². The fourth-order valence-electron chi connectivity index (χ4n) is 1.69. The second-order valence-electron chi connectivity index (χ2n) is 4.05. The Balaban J connectivity index is 1.84. The van der Waals surface area contributed by atoms with Crippen LogP contribution in [0.3, 0.4) is 0 Å². The topological polar surface area (TPSA) is 9.23 Å². The van der Waals surface area contributed by atoms with Gasteiger partial charge in [-0.05, 0) is 30.2 Å². The minimum atomic E-state index is 0.634. The second kappa shape index (κ2) is 6.64. The minimum absolute atomic E-state index is 0.634. The third-order valence-electron chi connectivity index (χ3n) is 2.60. The number of hydrogen-bond donors (Lipinski definition) is 0. The zero-order valence-electron chi connectivity index (χ0n) is 10.5. The van der Waals surface area contributed by atoms with E-state index in [0.29, 0.717) is 13.2 Å². The molecular formula is C17H16O. The first-order valence-electron chi connectivity index (χ1n) is 6.02. The van der Waals surface area contributed by atoms with Crippen molar-refractivity contribution in [3.05, 3.63) is 71.3 Å². The predicted molar refractivity (Wildman–Crippen MR) is 73.9 cm³/mol. The van der Waals surface area contributed by atoms with Crippen LogP contribution < -0.4 is 0 Å². The molecule has 1 nitrogen and oxygen atoms in total. The Bertz CT molecular complexity index is 529. The zero-order chi connectivity index (χ0) is 12.6. The summed E-state index contributed by atoms with van der Waals surface area (Å²) in [5, 5.41) is 0. The monoisotopic (exact) mass is 236 g/mol. The Hall–Kier alpha value is -2.04. The van der Waals surface area contributed by atoms with E-state index in [9.17, 15) is 0 Å². The van der Waals surface area contributed by atoms with E-state index < -0.39 is 0 Å². The van der Waals surface area contributed by atoms with Gasteiger partial charge in [0.15, 0.2) is 0 Å². The van der Waals surface area contributed by atoms with E-state index in [4.69, 9.17) is 4.74 Å².